The molecule has 20 heavy (non-hydrogen) atoms. The Morgan fingerprint density at radius 1 is 1.25 bits per heavy atom. The molecule has 0 aliphatic rings. The maximum absolute atomic E-state index is 12.9. The summed E-state index contributed by atoms with van der Waals surface area (Å²) in [5, 5.41) is -4.65. The molecule has 0 saturated heterocycles. The standard InChI is InChI=1S/C9H5F2I3O5S/c10-9(11,20(16,17)18)3-19-8(15)6-4(12)1-2-5(13)7(6)14/h1-2H,3H2,(H,16,17,18)/p-1. The molecule has 0 bridgehead atoms. The average molecular weight is 643 g/mol. The number of esters is 1. The number of carbonyl (C=O) groups is 1. The van der Waals surface area contributed by atoms with E-state index in [-0.39, 0.29) is 5.56 Å². The van der Waals surface area contributed by atoms with Crippen molar-refractivity contribution < 1.29 is 31.3 Å². The molecule has 1 aromatic carbocycles. The van der Waals surface area contributed by atoms with Crippen molar-refractivity contribution in [1.82, 2.24) is 0 Å². The van der Waals surface area contributed by atoms with Crippen LogP contribution in [0.1, 0.15) is 10.4 Å². The van der Waals surface area contributed by atoms with E-state index in [4.69, 9.17) is 0 Å². The van der Waals surface area contributed by atoms with Crippen molar-refractivity contribution in [3.05, 3.63) is 28.4 Å². The highest BCUT2D eigenvalue weighted by Crippen LogP contribution is 2.26. The molecule has 11 heteroatoms. The molecule has 0 aliphatic carbocycles. The first-order valence-corrected chi connectivity index (χ1v) is 9.25. The van der Waals surface area contributed by atoms with Gasteiger partial charge in [-0.1, -0.05) is 0 Å². The van der Waals surface area contributed by atoms with Gasteiger partial charge in [0.1, 0.15) is 0 Å². The molecule has 0 atom stereocenters. The molecule has 112 valence electrons. The van der Waals surface area contributed by atoms with Gasteiger partial charge in [0.2, 0.25) is 0 Å². The van der Waals surface area contributed by atoms with Crippen LogP contribution in [0, 0.1) is 10.7 Å². The van der Waals surface area contributed by atoms with Crippen molar-refractivity contribution in [3.63, 3.8) is 0 Å². The zero-order chi connectivity index (χ0) is 15.7. The fraction of sp³-hybridized carbons (Fsp3) is 0.222. The molecular formula is C9H4F2I3O5S-. The molecule has 0 amide bonds. The van der Waals surface area contributed by atoms with Gasteiger partial charge in [-0.05, 0) is 79.9 Å². The van der Waals surface area contributed by atoms with Crippen LogP contribution in [0.3, 0.4) is 0 Å². The van der Waals surface area contributed by atoms with Crippen molar-refractivity contribution in [2.45, 2.75) is 5.25 Å². The number of alkyl halides is 2. The van der Waals surface area contributed by atoms with Gasteiger partial charge in [0, 0.05) is 10.7 Å². The van der Waals surface area contributed by atoms with Gasteiger partial charge in [-0.3, -0.25) is 0 Å². The van der Waals surface area contributed by atoms with Crippen LogP contribution in [0.25, 0.3) is 0 Å². The van der Waals surface area contributed by atoms with Crippen LogP contribution < -0.4 is 0 Å². The quantitative estimate of drug-likeness (QED) is 0.219. The minimum absolute atomic E-state index is 0.0530. The van der Waals surface area contributed by atoms with Crippen LogP contribution in [0.2, 0.25) is 0 Å². The lowest BCUT2D eigenvalue weighted by molar-refractivity contribution is -0.0101. The zero-order valence-corrected chi connectivity index (χ0v) is 16.5. The SMILES string of the molecule is O=C(OCC(F)(F)S(=O)(=O)[O-])c1c(I)ccc(I)c1I. The topological polar surface area (TPSA) is 83.5 Å². The maximum Gasteiger partial charge on any atom is 0.367 e. The molecule has 1 aromatic rings. The number of rotatable bonds is 4. The van der Waals surface area contributed by atoms with Gasteiger partial charge in [0.15, 0.2) is 16.7 Å². The molecule has 0 heterocycles. The monoisotopic (exact) mass is 643 g/mol. The Labute approximate surface area is 154 Å². The number of benzene rings is 1. The third-order valence-corrected chi connectivity index (χ3v) is 6.78. The highest BCUT2D eigenvalue weighted by atomic mass is 127. The molecule has 0 unspecified atom stereocenters. The Kier molecular flexibility index (Phi) is 6.38. The Hall–Kier alpha value is 0.650. The summed E-state index contributed by atoms with van der Waals surface area (Å²) < 4.78 is 62.6. The molecule has 1 rings (SSSR count). The van der Waals surface area contributed by atoms with E-state index in [1.807, 2.05) is 67.8 Å². The summed E-state index contributed by atoms with van der Waals surface area (Å²) in [4.78, 5) is 11.7. The van der Waals surface area contributed by atoms with E-state index < -0.39 is 27.9 Å². The molecule has 0 aromatic heterocycles. The lowest BCUT2D eigenvalue weighted by Crippen LogP contribution is -2.35. The van der Waals surface area contributed by atoms with Gasteiger partial charge >= 0.3 is 11.2 Å². The molecule has 0 N–H and O–H groups in total. The number of carbonyl (C=O) groups excluding carboxylic acids is 1. The first-order valence-electron chi connectivity index (χ1n) is 4.61. The second-order valence-electron chi connectivity index (χ2n) is 3.39. The van der Waals surface area contributed by atoms with Crippen molar-refractivity contribution in [2.24, 2.45) is 0 Å². The van der Waals surface area contributed by atoms with Crippen molar-refractivity contribution in [3.8, 4) is 0 Å². The van der Waals surface area contributed by atoms with Crippen LogP contribution in [-0.4, -0.2) is 30.8 Å². The van der Waals surface area contributed by atoms with Gasteiger partial charge in [0.25, 0.3) is 0 Å². The fourth-order valence-corrected chi connectivity index (χ4v) is 3.54. The lowest BCUT2D eigenvalue weighted by atomic mass is 10.2. The van der Waals surface area contributed by atoms with E-state index in [9.17, 15) is 26.5 Å². The first kappa shape index (κ1) is 18.7. The zero-order valence-electron chi connectivity index (χ0n) is 9.20. The summed E-state index contributed by atoms with van der Waals surface area (Å²) >= 11 is 5.60. The van der Waals surface area contributed by atoms with Gasteiger partial charge in [-0.15, -0.1) is 0 Å². The van der Waals surface area contributed by atoms with Crippen LogP contribution in [-0.2, 0) is 14.9 Å². The van der Waals surface area contributed by atoms with E-state index in [1.54, 1.807) is 12.1 Å². The Balaban J connectivity index is 2.98. The smallest absolute Gasteiger partial charge is 0.367 e. The minimum atomic E-state index is -5.87. The van der Waals surface area contributed by atoms with Gasteiger partial charge in [0.05, 0.1) is 5.56 Å². The van der Waals surface area contributed by atoms with Crippen LogP contribution in [0.15, 0.2) is 12.1 Å². The second kappa shape index (κ2) is 6.82. The lowest BCUT2D eigenvalue weighted by Gasteiger charge is -2.19. The highest BCUT2D eigenvalue weighted by Gasteiger charge is 2.39. The van der Waals surface area contributed by atoms with Crippen LogP contribution in [0.4, 0.5) is 8.78 Å². The molecule has 0 saturated carbocycles. The summed E-state index contributed by atoms with van der Waals surface area (Å²) in [5.74, 6) is -1.11. The van der Waals surface area contributed by atoms with Crippen molar-refractivity contribution in [1.29, 1.82) is 0 Å². The largest absolute Gasteiger partial charge is 0.743 e. The van der Waals surface area contributed by atoms with E-state index in [0.29, 0.717) is 10.7 Å². The van der Waals surface area contributed by atoms with Gasteiger partial charge in [-0.2, -0.15) is 8.78 Å². The number of hydrogen-bond acceptors (Lipinski definition) is 5. The Bertz CT molecular complexity index is 647. The maximum atomic E-state index is 12.9. The predicted molar refractivity (Wildman–Crippen MR) is 89.5 cm³/mol. The van der Waals surface area contributed by atoms with Gasteiger partial charge in [-0.25, -0.2) is 13.2 Å². The summed E-state index contributed by atoms with van der Waals surface area (Å²) in [6.45, 7) is -1.81. The van der Waals surface area contributed by atoms with E-state index in [2.05, 4.69) is 4.74 Å². The summed E-state index contributed by atoms with van der Waals surface area (Å²) in [6, 6.07) is 3.31. The van der Waals surface area contributed by atoms with Crippen LogP contribution in [0.5, 0.6) is 0 Å². The summed E-state index contributed by atoms with van der Waals surface area (Å²) in [5.41, 5.74) is 0.0530. The molecule has 0 radical (unpaired) electrons. The molecule has 5 nitrogen and oxygen atoms in total. The van der Waals surface area contributed by atoms with E-state index in [0.717, 1.165) is 0 Å². The van der Waals surface area contributed by atoms with E-state index in [1.165, 1.54) is 0 Å². The second-order valence-corrected chi connectivity index (χ2v) is 8.29. The van der Waals surface area contributed by atoms with Crippen molar-refractivity contribution in [2.75, 3.05) is 6.61 Å². The normalized spacial score (nSPS) is 12.3. The van der Waals surface area contributed by atoms with Crippen molar-refractivity contribution >= 4 is 83.9 Å². The molecule has 0 spiro atoms. The van der Waals surface area contributed by atoms with Gasteiger partial charge < -0.3 is 9.29 Å². The third kappa shape index (κ3) is 4.33. The average Bonchev–Trinajstić information content (AvgIpc) is 2.30. The number of halogens is 5. The van der Waals surface area contributed by atoms with E-state index >= 15 is 0 Å². The summed E-state index contributed by atoms with van der Waals surface area (Å²) in [7, 11) is -5.87. The first-order chi connectivity index (χ1) is 8.97. The highest BCUT2D eigenvalue weighted by molar-refractivity contribution is 14.1. The minimum Gasteiger partial charge on any atom is -0.743 e. The van der Waals surface area contributed by atoms with Crippen LogP contribution >= 0.6 is 67.8 Å². The summed E-state index contributed by atoms with van der Waals surface area (Å²) in [6.07, 6.45) is 0. The molecule has 0 fully saturated rings. The number of ether oxygens (including phenoxy) is 1. The number of hydrogen-bond donors (Lipinski definition) is 0. The fourth-order valence-electron chi connectivity index (χ4n) is 1.01. The predicted octanol–water partition coefficient (Wildman–Crippen LogP) is 2.80. The molecular weight excluding hydrogens is 639 g/mol. The Morgan fingerprint density at radius 3 is 2.25 bits per heavy atom. The third-order valence-electron chi connectivity index (χ3n) is 1.99. The Morgan fingerprint density at radius 2 is 1.75 bits per heavy atom. The molecule has 0 aliphatic heterocycles.